The quantitative estimate of drug-likeness (QED) is 0.416. The van der Waals surface area contributed by atoms with E-state index in [4.69, 9.17) is 16.7 Å². The topological polar surface area (TPSA) is 149 Å². The van der Waals surface area contributed by atoms with Gasteiger partial charge >= 0.3 is 5.97 Å². The molecule has 3 rings (SSSR count). The number of aromatic amines is 1. The molecular weight excluding hydrogens is 362 g/mol. The molecule has 0 fully saturated rings. The minimum atomic E-state index is -1.11. The Hall–Kier alpha value is -2.98. The van der Waals surface area contributed by atoms with Gasteiger partial charge in [0.05, 0.1) is 23.2 Å². The van der Waals surface area contributed by atoms with Crippen molar-refractivity contribution in [1.29, 1.82) is 0 Å². The molecule has 1 unspecified atom stereocenters. The van der Waals surface area contributed by atoms with Crippen LogP contribution >= 0.6 is 11.6 Å². The average Bonchev–Trinajstić information content (AvgIpc) is 3.08. The second kappa shape index (κ2) is 7.50. The van der Waals surface area contributed by atoms with Crippen molar-refractivity contribution in [2.75, 3.05) is 17.2 Å². The number of carboxylic acid groups (broad SMARTS) is 1. The number of aliphatic hydroxyl groups is 1. The number of halogens is 1. The van der Waals surface area contributed by atoms with Gasteiger partial charge in [-0.3, -0.25) is 0 Å². The third-order valence-corrected chi connectivity index (χ3v) is 4.00. The molecule has 136 valence electrons. The zero-order chi connectivity index (χ0) is 18.7. The first kappa shape index (κ1) is 17.8. The number of anilines is 3. The number of aromatic carboxylic acids is 1. The highest BCUT2D eigenvalue weighted by Gasteiger charge is 2.15. The highest BCUT2D eigenvalue weighted by molar-refractivity contribution is 6.33. The van der Waals surface area contributed by atoms with Gasteiger partial charge in [-0.2, -0.15) is 20.3 Å². The van der Waals surface area contributed by atoms with Gasteiger partial charge in [0.15, 0.2) is 11.3 Å². The number of carbonyl (C=O) groups is 1. The van der Waals surface area contributed by atoms with E-state index >= 15 is 0 Å². The molecule has 0 radical (unpaired) electrons. The summed E-state index contributed by atoms with van der Waals surface area (Å²) in [5.74, 6) is -0.468. The predicted octanol–water partition coefficient (Wildman–Crippen LogP) is 2.03. The molecule has 0 aliphatic rings. The van der Waals surface area contributed by atoms with Gasteiger partial charge in [0, 0.05) is 5.69 Å². The molecule has 0 saturated heterocycles. The number of aromatic nitrogens is 5. The Labute approximate surface area is 152 Å². The summed E-state index contributed by atoms with van der Waals surface area (Å²) < 4.78 is 0. The summed E-state index contributed by atoms with van der Waals surface area (Å²) in [6.45, 7) is 1.86. The Bertz CT molecular complexity index is 942. The van der Waals surface area contributed by atoms with E-state index in [9.17, 15) is 9.90 Å². The Morgan fingerprint density at radius 2 is 2.15 bits per heavy atom. The van der Waals surface area contributed by atoms with Crippen molar-refractivity contribution in [2.45, 2.75) is 19.4 Å². The van der Waals surface area contributed by atoms with Crippen molar-refractivity contribution in [2.24, 2.45) is 0 Å². The second-order valence-electron chi connectivity index (χ2n) is 5.45. The lowest BCUT2D eigenvalue weighted by atomic mass is 10.2. The smallest absolute Gasteiger partial charge is 0.337 e. The highest BCUT2D eigenvalue weighted by atomic mass is 35.5. The number of aliphatic hydroxyl groups excluding tert-OH is 1. The van der Waals surface area contributed by atoms with Crippen molar-refractivity contribution in [1.82, 2.24) is 25.4 Å². The van der Waals surface area contributed by atoms with Gasteiger partial charge in [0.2, 0.25) is 11.6 Å². The Morgan fingerprint density at radius 1 is 1.35 bits per heavy atom. The number of hydrogen-bond donors (Lipinski definition) is 5. The van der Waals surface area contributed by atoms with Crippen LogP contribution in [0.5, 0.6) is 0 Å². The van der Waals surface area contributed by atoms with Gasteiger partial charge in [-0.1, -0.05) is 18.5 Å². The van der Waals surface area contributed by atoms with Crippen molar-refractivity contribution < 1.29 is 15.0 Å². The molecule has 26 heavy (non-hydrogen) atoms. The van der Waals surface area contributed by atoms with E-state index in [-0.39, 0.29) is 29.2 Å². The summed E-state index contributed by atoms with van der Waals surface area (Å²) in [5, 5.41) is 35.0. The number of benzene rings is 1. The minimum absolute atomic E-state index is 0.00239. The van der Waals surface area contributed by atoms with Crippen molar-refractivity contribution in [3.8, 4) is 0 Å². The van der Waals surface area contributed by atoms with Crippen LogP contribution in [-0.2, 0) is 0 Å². The van der Waals surface area contributed by atoms with Crippen LogP contribution in [0.15, 0.2) is 18.2 Å². The number of nitrogens with zero attached hydrogens (tertiary/aromatic N) is 4. The molecule has 11 heteroatoms. The standard InChI is InChI=1S/C15H16ClN7O3/c1-2-7(6-24)18-15-19-12(11-13(20-15)22-23-21-11)17-8-3-4-9(14(25)26)10(16)5-8/h3-5,7,24H,2,6H2,1H3,(H,25,26)(H3,17,18,19,20,21,22,23). The molecule has 0 spiro atoms. The summed E-state index contributed by atoms with van der Waals surface area (Å²) >= 11 is 6.00. The Kier molecular flexibility index (Phi) is 5.14. The molecule has 10 nitrogen and oxygen atoms in total. The van der Waals surface area contributed by atoms with Gasteiger partial charge in [-0.15, -0.1) is 5.10 Å². The number of nitrogens with one attached hydrogen (secondary N) is 3. The fraction of sp³-hybridized carbons (Fsp3) is 0.267. The number of H-pyrrole nitrogens is 1. The Balaban J connectivity index is 1.95. The number of carboxylic acids is 1. The van der Waals surface area contributed by atoms with E-state index in [2.05, 4.69) is 36.0 Å². The first-order valence-electron chi connectivity index (χ1n) is 7.77. The van der Waals surface area contributed by atoms with E-state index in [0.717, 1.165) is 0 Å². The normalized spacial score (nSPS) is 12.1. The summed E-state index contributed by atoms with van der Waals surface area (Å²) in [6, 6.07) is 4.25. The molecule has 3 aromatic rings. The molecular formula is C15H16ClN7O3. The van der Waals surface area contributed by atoms with Gasteiger partial charge < -0.3 is 20.8 Å². The molecule has 5 N–H and O–H groups in total. The summed E-state index contributed by atoms with van der Waals surface area (Å²) in [6.07, 6.45) is 0.686. The maximum Gasteiger partial charge on any atom is 0.337 e. The molecule has 0 amide bonds. The van der Waals surface area contributed by atoms with Crippen molar-refractivity contribution in [3.63, 3.8) is 0 Å². The third-order valence-electron chi connectivity index (χ3n) is 3.69. The summed E-state index contributed by atoms with van der Waals surface area (Å²) in [4.78, 5) is 19.7. The number of rotatable bonds is 7. The maximum atomic E-state index is 11.1. The first-order valence-corrected chi connectivity index (χ1v) is 8.15. The molecule has 0 bridgehead atoms. The van der Waals surface area contributed by atoms with Crippen LogP contribution in [0.3, 0.4) is 0 Å². The molecule has 0 aliphatic heterocycles. The van der Waals surface area contributed by atoms with E-state index in [1.165, 1.54) is 12.1 Å². The van der Waals surface area contributed by atoms with E-state index in [1.807, 2.05) is 6.92 Å². The molecule has 2 heterocycles. The van der Waals surface area contributed by atoms with Crippen molar-refractivity contribution >= 4 is 46.2 Å². The van der Waals surface area contributed by atoms with Gasteiger partial charge in [0.1, 0.15) is 0 Å². The monoisotopic (exact) mass is 377 g/mol. The van der Waals surface area contributed by atoms with Crippen LogP contribution in [0, 0.1) is 0 Å². The van der Waals surface area contributed by atoms with E-state index in [1.54, 1.807) is 6.07 Å². The molecule has 1 aromatic carbocycles. The van der Waals surface area contributed by atoms with Crippen LogP contribution < -0.4 is 10.6 Å². The molecule has 0 saturated carbocycles. The SMILES string of the molecule is CCC(CO)Nc1nc(Nc2ccc(C(=O)O)c(Cl)c2)c2n[nH]nc2n1. The van der Waals surface area contributed by atoms with Crippen LogP contribution in [0.2, 0.25) is 5.02 Å². The molecule has 1 atom stereocenters. The van der Waals surface area contributed by atoms with Crippen LogP contribution in [0.1, 0.15) is 23.7 Å². The van der Waals surface area contributed by atoms with E-state index in [0.29, 0.717) is 29.1 Å². The number of fused-ring (bicyclic) bond motifs is 1. The van der Waals surface area contributed by atoms with Crippen LogP contribution in [0.25, 0.3) is 11.2 Å². The zero-order valence-corrected chi connectivity index (χ0v) is 14.4. The lowest BCUT2D eigenvalue weighted by Gasteiger charge is -2.15. The largest absolute Gasteiger partial charge is 0.478 e. The molecule has 0 aliphatic carbocycles. The van der Waals surface area contributed by atoms with Gasteiger partial charge in [-0.25, -0.2) is 4.79 Å². The maximum absolute atomic E-state index is 11.1. The average molecular weight is 378 g/mol. The lowest BCUT2D eigenvalue weighted by Crippen LogP contribution is -2.24. The fourth-order valence-electron chi connectivity index (χ4n) is 2.26. The third kappa shape index (κ3) is 3.65. The lowest BCUT2D eigenvalue weighted by molar-refractivity contribution is 0.0697. The Morgan fingerprint density at radius 3 is 2.81 bits per heavy atom. The zero-order valence-electron chi connectivity index (χ0n) is 13.7. The van der Waals surface area contributed by atoms with Gasteiger partial charge in [0.25, 0.3) is 0 Å². The van der Waals surface area contributed by atoms with E-state index < -0.39 is 5.97 Å². The van der Waals surface area contributed by atoms with Crippen LogP contribution in [-0.4, -0.2) is 54.2 Å². The predicted molar refractivity (Wildman–Crippen MR) is 96.0 cm³/mol. The summed E-state index contributed by atoms with van der Waals surface area (Å²) in [5.41, 5.74) is 1.28. The highest BCUT2D eigenvalue weighted by Crippen LogP contribution is 2.26. The first-order chi connectivity index (χ1) is 12.5. The van der Waals surface area contributed by atoms with Crippen LogP contribution in [0.4, 0.5) is 17.5 Å². The number of hydrogen-bond acceptors (Lipinski definition) is 8. The summed E-state index contributed by atoms with van der Waals surface area (Å²) in [7, 11) is 0. The fourth-order valence-corrected chi connectivity index (χ4v) is 2.52. The molecule has 2 aromatic heterocycles. The van der Waals surface area contributed by atoms with Crippen molar-refractivity contribution in [3.05, 3.63) is 28.8 Å². The van der Waals surface area contributed by atoms with Gasteiger partial charge in [-0.05, 0) is 24.6 Å². The second-order valence-corrected chi connectivity index (χ2v) is 5.86. The minimum Gasteiger partial charge on any atom is -0.478 e.